The molecule has 2 saturated heterocycles. The second-order valence-electron chi connectivity index (χ2n) is 8.29. The normalized spacial score (nSPS) is 22.2. The van der Waals surface area contributed by atoms with Crippen LogP contribution in [0.4, 0.5) is 0 Å². The summed E-state index contributed by atoms with van der Waals surface area (Å²) in [6.07, 6.45) is 1.51. The number of sulfonamides is 2. The molecule has 0 saturated carbocycles. The summed E-state index contributed by atoms with van der Waals surface area (Å²) in [6, 6.07) is 6.48. The Labute approximate surface area is 189 Å². The number of piperazine rings is 1. The van der Waals surface area contributed by atoms with Crippen molar-refractivity contribution < 1.29 is 21.4 Å². The van der Waals surface area contributed by atoms with Crippen molar-refractivity contribution in [1.82, 2.24) is 23.7 Å². The summed E-state index contributed by atoms with van der Waals surface area (Å²) in [5.41, 5.74) is 0.645. The number of nitrogens with zero attached hydrogens (tertiary/aromatic N) is 5. The molecule has 3 heterocycles. The minimum absolute atomic E-state index is 0.0676. The highest BCUT2D eigenvalue weighted by Crippen LogP contribution is 2.29. The van der Waals surface area contributed by atoms with Crippen molar-refractivity contribution in [2.75, 3.05) is 52.1 Å². The van der Waals surface area contributed by atoms with Crippen LogP contribution < -0.4 is 0 Å². The van der Waals surface area contributed by atoms with Gasteiger partial charge in [0, 0.05) is 44.8 Å². The van der Waals surface area contributed by atoms with E-state index in [0.29, 0.717) is 56.5 Å². The molecule has 1 unspecified atom stereocenters. The van der Waals surface area contributed by atoms with Crippen molar-refractivity contribution >= 4 is 20.0 Å². The van der Waals surface area contributed by atoms with E-state index < -0.39 is 20.0 Å². The van der Waals surface area contributed by atoms with E-state index in [4.69, 9.17) is 4.52 Å². The van der Waals surface area contributed by atoms with E-state index in [9.17, 15) is 16.8 Å². The number of aromatic nitrogens is 2. The fraction of sp³-hybridized carbons (Fsp3) is 0.600. The largest absolute Gasteiger partial charge is 0.339 e. The predicted molar refractivity (Wildman–Crippen MR) is 119 cm³/mol. The lowest BCUT2D eigenvalue weighted by Crippen LogP contribution is -2.46. The van der Waals surface area contributed by atoms with Gasteiger partial charge in [0.25, 0.3) is 0 Å². The van der Waals surface area contributed by atoms with Gasteiger partial charge in [-0.05, 0) is 51.1 Å². The first-order valence-corrected chi connectivity index (χ1v) is 13.9. The zero-order valence-corrected chi connectivity index (χ0v) is 20.0. The molecule has 32 heavy (non-hydrogen) atoms. The SMILES string of the molecule is CCS(=O)(=O)N1CCCC(c2nc(-c3ccc(S(=O)(=O)N4CCN(C)CC4)cc3)no2)C1. The smallest absolute Gasteiger partial charge is 0.243 e. The van der Waals surface area contributed by atoms with Crippen LogP contribution in [0.15, 0.2) is 33.7 Å². The number of benzene rings is 1. The van der Waals surface area contributed by atoms with Crippen molar-refractivity contribution in [3.05, 3.63) is 30.2 Å². The molecule has 2 aliphatic rings. The van der Waals surface area contributed by atoms with Gasteiger partial charge in [-0.2, -0.15) is 9.29 Å². The van der Waals surface area contributed by atoms with Gasteiger partial charge in [-0.15, -0.1) is 0 Å². The third kappa shape index (κ3) is 4.74. The van der Waals surface area contributed by atoms with Crippen molar-refractivity contribution in [3.8, 4) is 11.4 Å². The van der Waals surface area contributed by atoms with Gasteiger partial charge in [-0.3, -0.25) is 0 Å². The zero-order valence-electron chi connectivity index (χ0n) is 18.3. The molecule has 1 aromatic heterocycles. The maximum absolute atomic E-state index is 12.9. The van der Waals surface area contributed by atoms with Crippen LogP contribution in [0.1, 0.15) is 31.6 Å². The van der Waals surface area contributed by atoms with Crippen molar-refractivity contribution in [3.63, 3.8) is 0 Å². The van der Waals surface area contributed by atoms with Gasteiger partial charge in [0.05, 0.1) is 16.6 Å². The molecular formula is C20H29N5O5S2. The Hall–Kier alpha value is -1.86. The molecule has 2 aromatic rings. The highest BCUT2D eigenvalue weighted by atomic mass is 32.2. The minimum Gasteiger partial charge on any atom is -0.339 e. The first-order chi connectivity index (χ1) is 15.2. The van der Waals surface area contributed by atoms with Crippen LogP contribution in [0.5, 0.6) is 0 Å². The summed E-state index contributed by atoms with van der Waals surface area (Å²) in [6.45, 7) is 4.85. The number of likely N-dealkylation sites (N-methyl/N-ethyl adjacent to an activating group) is 1. The Morgan fingerprint density at radius 3 is 2.34 bits per heavy atom. The van der Waals surface area contributed by atoms with E-state index in [-0.39, 0.29) is 16.6 Å². The van der Waals surface area contributed by atoms with Crippen molar-refractivity contribution in [2.24, 2.45) is 0 Å². The molecule has 1 atom stereocenters. The zero-order chi connectivity index (χ0) is 22.9. The molecule has 0 bridgehead atoms. The monoisotopic (exact) mass is 483 g/mol. The van der Waals surface area contributed by atoms with Crippen molar-refractivity contribution in [2.45, 2.75) is 30.6 Å². The molecule has 12 heteroatoms. The Morgan fingerprint density at radius 2 is 1.69 bits per heavy atom. The lowest BCUT2D eigenvalue weighted by molar-refractivity contribution is 0.222. The molecular weight excluding hydrogens is 454 g/mol. The Kier molecular flexibility index (Phi) is 6.68. The van der Waals surface area contributed by atoms with Crippen molar-refractivity contribution in [1.29, 1.82) is 0 Å². The Morgan fingerprint density at radius 1 is 1.00 bits per heavy atom. The molecule has 1 aromatic carbocycles. The van der Waals surface area contributed by atoms with Crippen LogP contribution in [0.25, 0.3) is 11.4 Å². The Bertz CT molecular complexity index is 1140. The van der Waals surface area contributed by atoms with Crippen LogP contribution >= 0.6 is 0 Å². The maximum atomic E-state index is 12.9. The van der Waals surface area contributed by atoms with Crippen LogP contribution in [0.3, 0.4) is 0 Å². The van der Waals surface area contributed by atoms with Crippen LogP contribution in [0.2, 0.25) is 0 Å². The van der Waals surface area contributed by atoms with E-state index in [1.54, 1.807) is 31.2 Å². The molecule has 10 nitrogen and oxygen atoms in total. The third-order valence-electron chi connectivity index (χ3n) is 6.15. The van der Waals surface area contributed by atoms with Gasteiger partial charge in [0.2, 0.25) is 31.8 Å². The molecule has 0 N–H and O–H groups in total. The summed E-state index contributed by atoms with van der Waals surface area (Å²) in [5, 5.41) is 4.04. The number of piperidine rings is 1. The van der Waals surface area contributed by atoms with Crippen LogP contribution in [0, 0.1) is 0 Å². The van der Waals surface area contributed by atoms with Gasteiger partial charge < -0.3 is 9.42 Å². The first kappa shape index (κ1) is 23.3. The molecule has 2 fully saturated rings. The van der Waals surface area contributed by atoms with E-state index in [1.807, 2.05) is 7.05 Å². The summed E-state index contributed by atoms with van der Waals surface area (Å²) >= 11 is 0. The maximum Gasteiger partial charge on any atom is 0.243 e. The molecule has 0 amide bonds. The van der Waals surface area contributed by atoms with Gasteiger partial charge in [-0.25, -0.2) is 21.1 Å². The molecule has 176 valence electrons. The first-order valence-electron chi connectivity index (χ1n) is 10.8. The topological polar surface area (TPSA) is 117 Å². The molecule has 0 spiro atoms. The number of hydrogen-bond donors (Lipinski definition) is 0. The van der Waals surface area contributed by atoms with Crippen LogP contribution in [-0.2, 0) is 20.0 Å². The molecule has 4 rings (SSSR count). The van der Waals surface area contributed by atoms with Gasteiger partial charge >= 0.3 is 0 Å². The predicted octanol–water partition coefficient (Wildman–Crippen LogP) is 1.20. The van der Waals surface area contributed by atoms with Gasteiger partial charge in [0.15, 0.2) is 0 Å². The van der Waals surface area contributed by atoms with E-state index >= 15 is 0 Å². The van der Waals surface area contributed by atoms with Crippen LogP contribution in [-0.4, -0.2) is 92.6 Å². The lowest BCUT2D eigenvalue weighted by Gasteiger charge is -2.31. The highest BCUT2D eigenvalue weighted by Gasteiger charge is 2.32. The number of hydrogen-bond acceptors (Lipinski definition) is 8. The molecule has 2 aliphatic heterocycles. The average molecular weight is 484 g/mol. The van der Waals surface area contributed by atoms with E-state index in [2.05, 4.69) is 15.0 Å². The Balaban J connectivity index is 1.48. The quantitative estimate of drug-likeness (QED) is 0.602. The van der Waals surface area contributed by atoms with Gasteiger partial charge in [-0.1, -0.05) is 5.16 Å². The fourth-order valence-corrected chi connectivity index (χ4v) is 6.65. The summed E-state index contributed by atoms with van der Waals surface area (Å²) in [5.74, 6) is 0.686. The summed E-state index contributed by atoms with van der Waals surface area (Å²) in [4.78, 5) is 6.81. The third-order valence-corrected chi connectivity index (χ3v) is 9.91. The highest BCUT2D eigenvalue weighted by molar-refractivity contribution is 7.89. The minimum atomic E-state index is -3.54. The fourth-order valence-electron chi connectivity index (χ4n) is 4.05. The molecule has 0 aliphatic carbocycles. The second kappa shape index (κ2) is 9.18. The second-order valence-corrected chi connectivity index (χ2v) is 12.5. The number of rotatable bonds is 6. The van der Waals surface area contributed by atoms with Gasteiger partial charge in [0.1, 0.15) is 0 Å². The standard InChI is InChI=1S/C20H29N5O5S2/c1-3-31(26,27)25-10-4-5-17(15-25)20-21-19(22-30-20)16-6-8-18(9-7-16)32(28,29)24-13-11-23(2)12-14-24/h6-9,17H,3-5,10-15H2,1-2H3. The summed E-state index contributed by atoms with van der Waals surface area (Å²) < 4.78 is 58.6. The average Bonchev–Trinajstić information content (AvgIpc) is 3.30. The summed E-state index contributed by atoms with van der Waals surface area (Å²) in [7, 11) is -4.82. The lowest BCUT2D eigenvalue weighted by atomic mass is 10.00. The molecule has 0 radical (unpaired) electrons. The van der Waals surface area contributed by atoms with E-state index in [1.165, 1.54) is 8.61 Å². The van der Waals surface area contributed by atoms with E-state index in [0.717, 1.165) is 12.8 Å².